The minimum absolute atomic E-state index is 0.113. The van der Waals surface area contributed by atoms with Crippen LogP contribution in [-0.2, 0) is 14.3 Å². The van der Waals surface area contributed by atoms with E-state index in [4.69, 9.17) is 4.74 Å². The first-order valence-electron chi connectivity index (χ1n) is 5.32. The fourth-order valence-electron chi connectivity index (χ4n) is 1.09. The second kappa shape index (κ2) is 9.22. The van der Waals surface area contributed by atoms with E-state index in [2.05, 4.69) is 13.0 Å². The fraction of sp³-hybridized carbons (Fsp3) is 0.583. The van der Waals surface area contributed by atoms with Crippen LogP contribution in [0, 0.1) is 0 Å². The largest absolute Gasteiger partial charge is 0.462 e. The van der Waals surface area contributed by atoms with Gasteiger partial charge in [0.2, 0.25) is 0 Å². The lowest BCUT2D eigenvalue weighted by atomic mass is 10.1. The van der Waals surface area contributed by atoms with Crippen LogP contribution in [-0.4, -0.2) is 18.5 Å². The zero-order valence-electron chi connectivity index (χ0n) is 9.41. The average Bonchev–Trinajstić information content (AvgIpc) is 2.23. The van der Waals surface area contributed by atoms with E-state index in [1.807, 2.05) is 6.08 Å². The number of esters is 1. The SMILES string of the molecule is CCC=CCCCC(=C=O)C(=O)OCC. The van der Waals surface area contributed by atoms with Gasteiger partial charge in [-0.2, -0.15) is 0 Å². The van der Waals surface area contributed by atoms with Crippen molar-refractivity contribution in [2.75, 3.05) is 6.61 Å². The Kier molecular flexibility index (Phi) is 8.40. The predicted octanol–water partition coefficient (Wildman–Crippen LogP) is 2.44. The Balaban J connectivity index is 3.87. The number of ether oxygens (including phenoxy) is 1. The molecule has 0 atom stereocenters. The van der Waals surface area contributed by atoms with Crippen LogP contribution in [0.4, 0.5) is 0 Å². The van der Waals surface area contributed by atoms with Crippen LogP contribution < -0.4 is 0 Å². The van der Waals surface area contributed by atoms with Crippen molar-refractivity contribution in [3.8, 4) is 0 Å². The quantitative estimate of drug-likeness (QED) is 0.213. The zero-order chi connectivity index (χ0) is 11.5. The van der Waals surface area contributed by atoms with E-state index in [9.17, 15) is 9.59 Å². The van der Waals surface area contributed by atoms with Gasteiger partial charge in [0, 0.05) is 0 Å². The lowest BCUT2D eigenvalue weighted by Gasteiger charge is -2.01. The molecule has 0 aromatic carbocycles. The molecule has 15 heavy (non-hydrogen) atoms. The van der Waals surface area contributed by atoms with Gasteiger partial charge < -0.3 is 4.74 Å². The Hall–Kier alpha value is -1.34. The highest BCUT2D eigenvalue weighted by Gasteiger charge is 2.10. The number of hydrogen-bond acceptors (Lipinski definition) is 3. The van der Waals surface area contributed by atoms with Crippen molar-refractivity contribution in [3.05, 3.63) is 17.7 Å². The second-order valence-corrected chi connectivity index (χ2v) is 3.07. The lowest BCUT2D eigenvalue weighted by molar-refractivity contribution is -0.138. The number of carbonyl (C=O) groups is 1. The summed E-state index contributed by atoms with van der Waals surface area (Å²) < 4.78 is 4.72. The molecule has 0 amide bonds. The van der Waals surface area contributed by atoms with Crippen molar-refractivity contribution in [1.29, 1.82) is 0 Å². The second-order valence-electron chi connectivity index (χ2n) is 3.07. The molecule has 0 heterocycles. The molecule has 3 nitrogen and oxygen atoms in total. The monoisotopic (exact) mass is 210 g/mol. The molecule has 0 aliphatic heterocycles. The predicted molar refractivity (Wildman–Crippen MR) is 59.1 cm³/mol. The van der Waals surface area contributed by atoms with Gasteiger partial charge in [0.15, 0.2) is 0 Å². The minimum Gasteiger partial charge on any atom is -0.462 e. The van der Waals surface area contributed by atoms with E-state index in [-0.39, 0.29) is 5.57 Å². The van der Waals surface area contributed by atoms with Gasteiger partial charge in [-0.05, 0) is 32.6 Å². The van der Waals surface area contributed by atoms with Crippen LogP contribution in [0.5, 0.6) is 0 Å². The van der Waals surface area contributed by atoms with Crippen molar-refractivity contribution in [2.24, 2.45) is 0 Å². The summed E-state index contributed by atoms with van der Waals surface area (Å²) in [4.78, 5) is 21.6. The Morgan fingerprint density at radius 2 is 2.07 bits per heavy atom. The topological polar surface area (TPSA) is 43.4 Å². The summed E-state index contributed by atoms with van der Waals surface area (Å²) >= 11 is 0. The Labute approximate surface area is 90.8 Å². The molecule has 0 aliphatic rings. The third-order valence-corrected chi connectivity index (χ3v) is 1.84. The standard InChI is InChI=1S/C12H18O3/c1-3-5-6-7-8-9-11(10-13)12(14)15-4-2/h5-6H,3-4,7-9H2,1-2H3. The molecule has 84 valence electrons. The van der Waals surface area contributed by atoms with Crippen molar-refractivity contribution < 1.29 is 14.3 Å². The normalized spacial score (nSPS) is 10.0. The number of carbonyl (C=O) groups excluding carboxylic acids is 2. The number of allylic oxidation sites excluding steroid dienone is 2. The smallest absolute Gasteiger partial charge is 0.345 e. The number of hydrogen-bond donors (Lipinski definition) is 0. The van der Waals surface area contributed by atoms with Gasteiger partial charge in [0.25, 0.3) is 0 Å². The van der Waals surface area contributed by atoms with Crippen LogP contribution in [0.1, 0.15) is 39.5 Å². The zero-order valence-corrected chi connectivity index (χ0v) is 9.41. The van der Waals surface area contributed by atoms with Crippen molar-refractivity contribution in [2.45, 2.75) is 39.5 Å². The Bertz CT molecular complexity index is 260. The number of rotatable bonds is 7. The molecule has 0 fully saturated rings. The first kappa shape index (κ1) is 13.7. The molecule has 0 rings (SSSR count). The van der Waals surface area contributed by atoms with Crippen LogP contribution in [0.2, 0.25) is 0 Å². The molecular formula is C12H18O3. The van der Waals surface area contributed by atoms with E-state index >= 15 is 0 Å². The Morgan fingerprint density at radius 1 is 1.33 bits per heavy atom. The van der Waals surface area contributed by atoms with Gasteiger partial charge in [-0.3, -0.25) is 0 Å². The third kappa shape index (κ3) is 6.69. The fourth-order valence-corrected chi connectivity index (χ4v) is 1.09. The van der Waals surface area contributed by atoms with Gasteiger partial charge >= 0.3 is 5.97 Å². The van der Waals surface area contributed by atoms with Gasteiger partial charge in [0.05, 0.1) is 6.61 Å². The molecule has 0 saturated heterocycles. The number of unbranched alkanes of at least 4 members (excludes halogenated alkanes) is 1. The van der Waals surface area contributed by atoms with Crippen molar-refractivity contribution in [3.63, 3.8) is 0 Å². The van der Waals surface area contributed by atoms with E-state index < -0.39 is 5.97 Å². The van der Waals surface area contributed by atoms with Gasteiger partial charge in [-0.15, -0.1) is 0 Å². The van der Waals surface area contributed by atoms with E-state index in [0.29, 0.717) is 13.0 Å². The summed E-state index contributed by atoms with van der Waals surface area (Å²) in [6.07, 6.45) is 7.21. The minimum atomic E-state index is -0.535. The highest BCUT2D eigenvalue weighted by molar-refractivity contribution is 5.96. The molecule has 0 unspecified atom stereocenters. The molecule has 0 radical (unpaired) electrons. The highest BCUT2D eigenvalue weighted by atomic mass is 16.5. The highest BCUT2D eigenvalue weighted by Crippen LogP contribution is 2.07. The molecule has 0 aromatic rings. The van der Waals surface area contributed by atoms with Gasteiger partial charge in [-0.25, -0.2) is 9.59 Å². The molecule has 0 aromatic heterocycles. The molecular weight excluding hydrogens is 192 g/mol. The Morgan fingerprint density at radius 3 is 2.60 bits per heavy atom. The first-order valence-corrected chi connectivity index (χ1v) is 5.32. The maximum atomic E-state index is 11.2. The molecule has 3 heteroatoms. The van der Waals surface area contributed by atoms with E-state index in [1.165, 1.54) is 0 Å². The summed E-state index contributed by atoms with van der Waals surface area (Å²) in [5.41, 5.74) is 0.113. The van der Waals surface area contributed by atoms with Gasteiger partial charge in [0.1, 0.15) is 11.5 Å². The van der Waals surface area contributed by atoms with Crippen LogP contribution in [0.25, 0.3) is 0 Å². The van der Waals surface area contributed by atoms with Crippen LogP contribution in [0.3, 0.4) is 0 Å². The molecule has 0 saturated carbocycles. The van der Waals surface area contributed by atoms with Crippen LogP contribution >= 0.6 is 0 Å². The van der Waals surface area contributed by atoms with Crippen molar-refractivity contribution >= 4 is 11.9 Å². The third-order valence-electron chi connectivity index (χ3n) is 1.84. The molecule has 0 bridgehead atoms. The van der Waals surface area contributed by atoms with E-state index in [1.54, 1.807) is 12.9 Å². The van der Waals surface area contributed by atoms with Gasteiger partial charge in [-0.1, -0.05) is 19.1 Å². The maximum Gasteiger partial charge on any atom is 0.345 e. The maximum absolute atomic E-state index is 11.2. The van der Waals surface area contributed by atoms with Crippen molar-refractivity contribution in [1.82, 2.24) is 0 Å². The summed E-state index contributed by atoms with van der Waals surface area (Å²) in [5.74, 6) is 1.11. The average molecular weight is 210 g/mol. The molecule has 0 aliphatic carbocycles. The molecule has 0 N–H and O–H groups in total. The summed E-state index contributed by atoms with van der Waals surface area (Å²) in [6, 6.07) is 0. The summed E-state index contributed by atoms with van der Waals surface area (Å²) in [6.45, 7) is 4.07. The van der Waals surface area contributed by atoms with E-state index in [0.717, 1.165) is 19.3 Å². The summed E-state index contributed by atoms with van der Waals surface area (Å²) in [5, 5.41) is 0. The lowest BCUT2D eigenvalue weighted by Crippen LogP contribution is -2.08. The van der Waals surface area contributed by atoms with Crippen LogP contribution in [0.15, 0.2) is 17.7 Å². The first-order chi connectivity index (χ1) is 7.26. The molecule has 0 spiro atoms. The summed E-state index contributed by atoms with van der Waals surface area (Å²) in [7, 11) is 0.